The third-order valence-corrected chi connectivity index (χ3v) is 11.2. The lowest BCUT2D eigenvalue weighted by Gasteiger charge is -2.11. The molecule has 0 aliphatic heterocycles. The summed E-state index contributed by atoms with van der Waals surface area (Å²) in [5.74, 6) is 1.92. The Bertz CT molecular complexity index is 3430. The Hall–Kier alpha value is -7.83. The van der Waals surface area contributed by atoms with Crippen LogP contribution in [0.15, 0.2) is 192 Å². The molecule has 0 radical (unpaired) electrons. The molecule has 0 atom stereocenters. The van der Waals surface area contributed by atoms with Crippen LogP contribution in [0.1, 0.15) is 0 Å². The molecule has 0 saturated carbocycles. The van der Waals surface area contributed by atoms with E-state index in [2.05, 4.69) is 124 Å². The van der Waals surface area contributed by atoms with Crippen LogP contribution in [0.4, 0.5) is 0 Å². The van der Waals surface area contributed by atoms with Gasteiger partial charge in [-0.25, -0.2) is 15.0 Å². The number of benzene rings is 8. The molecule has 0 fully saturated rings. The highest BCUT2D eigenvalue weighted by Gasteiger charge is 2.21. The second kappa shape index (κ2) is 12.3. The van der Waals surface area contributed by atoms with Crippen LogP contribution in [0.2, 0.25) is 0 Å². The van der Waals surface area contributed by atoms with Gasteiger partial charge in [-0.05, 0) is 66.7 Å². The Morgan fingerprint density at radius 3 is 1.40 bits per heavy atom. The zero-order chi connectivity index (χ0) is 37.5. The highest BCUT2D eigenvalue weighted by molar-refractivity contribution is 6.22. The first kappa shape index (κ1) is 31.5. The van der Waals surface area contributed by atoms with E-state index in [1.54, 1.807) is 0 Å². The van der Waals surface area contributed by atoms with Crippen LogP contribution < -0.4 is 0 Å². The van der Waals surface area contributed by atoms with Crippen molar-refractivity contribution < 1.29 is 4.42 Å². The average molecular weight is 730 g/mol. The highest BCUT2D eigenvalue weighted by atomic mass is 16.3. The summed E-state index contributed by atoms with van der Waals surface area (Å²) in [4.78, 5) is 14.8. The zero-order valence-electron chi connectivity index (χ0n) is 30.5. The Morgan fingerprint density at radius 1 is 0.298 bits per heavy atom. The highest BCUT2D eigenvalue weighted by Crippen LogP contribution is 2.42. The van der Waals surface area contributed by atoms with Gasteiger partial charge in [0.25, 0.3) is 0 Å². The molecule has 266 valence electrons. The Labute approximate surface area is 326 Å². The maximum Gasteiger partial charge on any atom is 0.164 e. The smallest absolute Gasteiger partial charge is 0.164 e. The summed E-state index contributed by atoms with van der Waals surface area (Å²) in [7, 11) is 0. The molecule has 0 amide bonds. The number of hydrogen-bond donors (Lipinski definition) is 0. The fraction of sp³-hybridized carbons (Fsp3) is 0. The first-order valence-corrected chi connectivity index (χ1v) is 19.1. The predicted molar refractivity (Wildman–Crippen MR) is 232 cm³/mol. The number of rotatable bonds is 5. The van der Waals surface area contributed by atoms with Crippen molar-refractivity contribution in [2.45, 2.75) is 0 Å². The first-order valence-electron chi connectivity index (χ1n) is 19.1. The van der Waals surface area contributed by atoms with Gasteiger partial charge in [0.15, 0.2) is 17.5 Å². The van der Waals surface area contributed by atoms with E-state index in [0.717, 1.165) is 72.1 Å². The second-order valence-corrected chi connectivity index (χ2v) is 14.5. The van der Waals surface area contributed by atoms with Crippen LogP contribution in [0.25, 0.3) is 111 Å². The zero-order valence-corrected chi connectivity index (χ0v) is 30.5. The number of para-hydroxylation sites is 3. The molecule has 4 heterocycles. The van der Waals surface area contributed by atoms with Crippen molar-refractivity contribution in [2.75, 3.05) is 0 Å². The van der Waals surface area contributed by atoms with Crippen molar-refractivity contribution in [3.63, 3.8) is 0 Å². The van der Waals surface area contributed by atoms with Crippen LogP contribution in [0, 0.1) is 0 Å². The number of aromatic nitrogens is 5. The first-order chi connectivity index (χ1) is 28.2. The van der Waals surface area contributed by atoms with Crippen molar-refractivity contribution in [1.29, 1.82) is 0 Å². The maximum absolute atomic E-state index is 6.41. The molecule has 8 aromatic carbocycles. The van der Waals surface area contributed by atoms with E-state index in [1.807, 2.05) is 72.8 Å². The molecule has 6 nitrogen and oxygen atoms in total. The van der Waals surface area contributed by atoms with Crippen LogP contribution >= 0.6 is 0 Å². The van der Waals surface area contributed by atoms with Crippen LogP contribution in [0.3, 0.4) is 0 Å². The standard InChI is InChI=1S/C51H31N5O/c1-4-14-32(15-5-1)49-52-50(33-16-6-2-7-17-33)54-51(53-49)34-24-26-36(27-25-34)55-43-22-12-10-20-37(43)40-29-45-41(30-44(40)55)39-28-42-38-21-11-13-23-47(38)57-48(42)31-46(39)56(45)35-18-8-3-9-19-35/h1-31H. The van der Waals surface area contributed by atoms with Crippen molar-refractivity contribution >= 4 is 65.6 Å². The van der Waals surface area contributed by atoms with Gasteiger partial charge < -0.3 is 13.6 Å². The lowest BCUT2D eigenvalue weighted by molar-refractivity contribution is 0.669. The molecule has 12 aromatic rings. The lowest BCUT2D eigenvalue weighted by atomic mass is 10.1. The normalized spacial score (nSPS) is 11.9. The minimum absolute atomic E-state index is 0.630. The van der Waals surface area contributed by atoms with Crippen LogP contribution in [-0.4, -0.2) is 24.1 Å². The van der Waals surface area contributed by atoms with Gasteiger partial charge in [-0.2, -0.15) is 0 Å². The van der Waals surface area contributed by atoms with Crippen molar-refractivity contribution in [1.82, 2.24) is 24.1 Å². The molecule has 0 aliphatic carbocycles. The summed E-state index contributed by atoms with van der Waals surface area (Å²) < 4.78 is 11.2. The minimum atomic E-state index is 0.630. The fourth-order valence-corrected chi connectivity index (χ4v) is 8.53. The summed E-state index contributed by atoms with van der Waals surface area (Å²) in [6.07, 6.45) is 0. The van der Waals surface area contributed by atoms with E-state index in [0.29, 0.717) is 17.5 Å². The molecule has 0 aliphatic rings. The van der Waals surface area contributed by atoms with Gasteiger partial charge in [-0.15, -0.1) is 0 Å². The third-order valence-electron chi connectivity index (χ3n) is 11.2. The van der Waals surface area contributed by atoms with E-state index >= 15 is 0 Å². The number of hydrogen-bond acceptors (Lipinski definition) is 4. The van der Waals surface area contributed by atoms with E-state index in [1.165, 1.54) is 21.5 Å². The largest absolute Gasteiger partial charge is 0.456 e. The monoisotopic (exact) mass is 729 g/mol. The Morgan fingerprint density at radius 2 is 0.754 bits per heavy atom. The van der Waals surface area contributed by atoms with E-state index in [-0.39, 0.29) is 0 Å². The molecule has 0 bridgehead atoms. The van der Waals surface area contributed by atoms with Crippen molar-refractivity contribution in [3.8, 4) is 45.5 Å². The Kier molecular flexibility index (Phi) is 6.83. The van der Waals surface area contributed by atoms with E-state index in [4.69, 9.17) is 19.4 Å². The molecule has 4 aromatic heterocycles. The number of nitrogens with zero attached hydrogens (tertiary/aromatic N) is 5. The van der Waals surface area contributed by atoms with Crippen LogP contribution in [0.5, 0.6) is 0 Å². The summed E-state index contributed by atoms with van der Waals surface area (Å²) >= 11 is 0. The average Bonchev–Trinajstić information content (AvgIpc) is 3.92. The van der Waals surface area contributed by atoms with Gasteiger partial charge in [-0.1, -0.05) is 115 Å². The maximum atomic E-state index is 6.41. The van der Waals surface area contributed by atoms with E-state index in [9.17, 15) is 0 Å². The molecular weight excluding hydrogens is 699 g/mol. The van der Waals surface area contributed by atoms with E-state index < -0.39 is 0 Å². The van der Waals surface area contributed by atoms with Gasteiger partial charge in [0.1, 0.15) is 11.2 Å². The van der Waals surface area contributed by atoms with Gasteiger partial charge in [0.2, 0.25) is 0 Å². The van der Waals surface area contributed by atoms with Gasteiger partial charge in [0, 0.05) is 66.4 Å². The molecule has 57 heavy (non-hydrogen) atoms. The van der Waals surface area contributed by atoms with Crippen LogP contribution in [-0.2, 0) is 0 Å². The molecule has 0 N–H and O–H groups in total. The molecular formula is C51H31N5O. The van der Waals surface area contributed by atoms with Gasteiger partial charge >= 0.3 is 0 Å². The molecule has 0 spiro atoms. The quantitative estimate of drug-likeness (QED) is 0.177. The molecule has 12 rings (SSSR count). The molecule has 0 saturated heterocycles. The predicted octanol–water partition coefficient (Wildman–Crippen LogP) is 13.0. The third kappa shape index (κ3) is 4.94. The summed E-state index contributed by atoms with van der Waals surface area (Å²) in [6, 6.07) is 65.6. The number of fused-ring (bicyclic) bond motifs is 9. The summed E-state index contributed by atoms with van der Waals surface area (Å²) in [6.45, 7) is 0. The van der Waals surface area contributed by atoms with Crippen molar-refractivity contribution in [3.05, 3.63) is 188 Å². The van der Waals surface area contributed by atoms with Gasteiger partial charge in [0.05, 0.1) is 22.1 Å². The summed E-state index contributed by atoms with van der Waals surface area (Å²) in [5, 5.41) is 6.98. The molecule has 0 unspecified atom stereocenters. The van der Waals surface area contributed by atoms with Gasteiger partial charge in [-0.3, -0.25) is 0 Å². The molecule has 6 heteroatoms. The summed E-state index contributed by atoms with van der Waals surface area (Å²) in [5.41, 5.74) is 11.3. The lowest BCUT2D eigenvalue weighted by Crippen LogP contribution is -2.00. The SMILES string of the molecule is c1ccc(-c2nc(-c3ccccc3)nc(-c3ccc(-n4c5ccccc5c5cc6c(cc54)c4cc5c(cc4n6-c4ccccc4)oc4ccccc45)cc3)n2)cc1. The Balaban J connectivity index is 1.07. The minimum Gasteiger partial charge on any atom is -0.456 e. The van der Waals surface area contributed by atoms with Crippen molar-refractivity contribution in [2.24, 2.45) is 0 Å². The number of furan rings is 1. The second-order valence-electron chi connectivity index (χ2n) is 14.5. The fourth-order valence-electron chi connectivity index (χ4n) is 8.53. The topological polar surface area (TPSA) is 61.7 Å².